The molecule has 1 aliphatic rings. The molecule has 1 aliphatic heterocycles. The van der Waals surface area contributed by atoms with E-state index in [1.165, 1.54) is 6.33 Å². The fourth-order valence-corrected chi connectivity index (χ4v) is 4.74. The number of carbonyl (C=O) groups is 1. The molecule has 2 N–H and O–H groups in total. The van der Waals surface area contributed by atoms with Crippen molar-refractivity contribution in [3.05, 3.63) is 105 Å². The Morgan fingerprint density at radius 2 is 1.87 bits per heavy atom. The quantitative estimate of drug-likeness (QED) is 0.261. The maximum absolute atomic E-state index is 13.7. The molecule has 0 aliphatic carbocycles. The Bertz CT molecular complexity index is 1500. The fourth-order valence-electron chi connectivity index (χ4n) is 4.28. The van der Waals surface area contributed by atoms with E-state index in [0.717, 1.165) is 11.1 Å². The molecule has 0 saturated carbocycles. The number of halogens is 2. The lowest BCUT2D eigenvalue weighted by atomic mass is 9.95. The van der Waals surface area contributed by atoms with Gasteiger partial charge in [-0.25, -0.2) is 4.68 Å². The van der Waals surface area contributed by atoms with Crippen LogP contribution in [0.1, 0.15) is 31.0 Å². The molecule has 8 nitrogen and oxygen atoms in total. The third-order valence-corrected chi connectivity index (χ3v) is 6.67. The summed E-state index contributed by atoms with van der Waals surface area (Å²) in [4.78, 5) is 18.0. The Kier molecular flexibility index (Phi) is 7.53. The maximum atomic E-state index is 13.7. The average Bonchev–Trinajstić information content (AvgIpc) is 3.37. The SMILES string of the molecule is CCOc1ccccc1NC(=O)C1=C(C)Nc2ncnn2C1c1ccc(OCc2ccc(Cl)cc2Cl)cc1. The van der Waals surface area contributed by atoms with E-state index < -0.39 is 6.04 Å². The second-order valence-electron chi connectivity index (χ2n) is 8.57. The van der Waals surface area contributed by atoms with Gasteiger partial charge in [0.05, 0.1) is 17.9 Å². The minimum atomic E-state index is -0.507. The van der Waals surface area contributed by atoms with Crippen molar-refractivity contribution in [1.82, 2.24) is 14.8 Å². The Balaban J connectivity index is 1.41. The standard InChI is InChI=1S/C28H25Cl2N5O3/c1-3-37-24-7-5-4-6-23(24)34-27(36)25-17(2)33-28-31-16-32-35(28)26(25)18-9-12-21(13-10-18)38-15-19-8-11-20(29)14-22(19)30/h4-14,16,26H,3,15H2,1-2H3,(H,34,36)(H,31,32,33). The largest absolute Gasteiger partial charge is 0.492 e. The van der Waals surface area contributed by atoms with Gasteiger partial charge in [0.15, 0.2) is 0 Å². The number of hydrogen-bond donors (Lipinski definition) is 2. The number of anilines is 2. The van der Waals surface area contributed by atoms with Gasteiger partial charge in [-0.1, -0.05) is 53.5 Å². The van der Waals surface area contributed by atoms with E-state index in [2.05, 4.69) is 20.7 Å². The number of fused-ring (bicyclic) bond motifs is 1. The van der Waals surface area contributed by atoms with Crippen molar-refractivity contribution >= 4 is 40.7 Å². The predicted molar refractivity (Wildman–Crippen MR) is 148 cm³/mol. The van der Waals surface area contributed by atoms with E-state index in [4.69, 9.17) is 32.7 Å². The van der Waals surface area contributed by atoms with Crippen LogP contribution >= 0.6 is 23.2 Å². The molecule has 4 aromatic rings. The summed E-state index contributed by atoms with van der Waals surface area (Å²) < 4.78 is 13.3. The van der Waals surface area contributed by atoms with Crippen LogP contribution in [0.2, 0.25) is 10.0 Å². The van der Waals surface area contributed by atoms with Gasteiger partial charge in [0, 0.05) is 21.3 Å². The van der Waals surface area contributed by atoms with Crippen molar-refractivity contribution in [3.63, 3.8) is 0 Å². The van der Waals surface area contributed by atoms with Crippen LogP contribution in [0.15, 0.2) is 84.3 Å². The van der Waals surface area contributed by atoms with E-state index in [0.29, 0.717) is 57.7 Å². The minimum absolute atomic E-state index is 0.272. The summed E-state index contributed by atoms with van der Waals surface area (Å²) in [5, 5.41) is 11.7. The summed E-state index contributed by atoms with van der Waals surface area (Å²) in [5.74, 6) is 1.54. The van der Waals surface area contributed by atoms with E-state index in [1.54, 1.807) is 16.8 Å². The zero-order chi connectivity index (χ0) is 26.6. The third-order valence-electron chi connectivity index (χ3n) is 6.08. The number of nitrogens with zero attached hydrogens (tertiary/aromatic N) is 3. The van der Waals surface area contributed by atoms with Gasteiger partial charge >= 0.3 is 0 Å². The molecule has 2 heterocycles. The van der Waals surface area contributed by atoms with Crippen LogP contribution < -0.4 is 20.1 Å². The number of aromatic nitrogens is 3. The van der Waals surface area contributed by atoms with E-state index in [1.807, 2.05) is 68.4 Å². The second-order valence-corrected chi connectivity index (χ2v) is 9.41. The summed E-state index contributed by atoms with van der Waals surface area (Å²) in [6, 6.07) is 19.7. The number of allylic oxidation sites excluding steroid dienone is 1. The first-order valence-electron chi connectivity index (χ1n) is 12.0. The molecule has 10 heteroatoms. The second kappa shape index (κ2) is 11.2. The Morgan fingerprint density at radius 3 is 2.63 bits per heavy atom. The number of rotatable bonds is 8. The van der Waals surface area contributed by atoms with E-state index >= 15 is 0 Å². The highest BCUT2D eigenvalue weighted by molar-refractivity contribution is 6.35. The molecule has 5 rings (SSSR count). The minimum Gasteiger partial charge on any atom is -0.492 e. The smallest absolute Gasteiger partial charge is 0.255 e. The highest BCUT2D eigenvalue weighted by Gasteiger charge is 2.33. The number of ether oxygens (including phenoxy) is 2. The Morgan fingerprint density at radius 1 is 1.08 bits per heavy atom. The zero-order valence-corrected chi connectivity index (χ0v) is 22.3. The van der Waals surface area contributed by atoms with Crippen LogP contribution in [0.5, 0.6) is 11.5 Å². The Labute approximate surface area is 230 Å². The first-order valence-corrected chi connectivity index (χ1v) is 12.8. The van der Waals surface area contributed by atoms with Gasteiger partial charge in [0.25, 0.3) is 5.91 Å². The number of amides is 1. The van der Waals surface area contributed by atoms with E-state index in [-0.39, 0.29) is 5.91 Å². The van der Waals surface area contributed by atoms with Crippen LogP contribution in [0.3, 0.4) is 0 Å². The monoisotopic (exact) mass is 549 g/mol. The number of carbonyl (C=O) groups excluding carboxylic acids is 1. The number of benzene rings is 3. The molecule has 1 aromatic heterocycles. The van der Waals surface area contributed by atoms with Gasteiger partial charge in [-0.15, -0.1) is 0 Å². The molecule has 1 atom stereocenters. The molecule has 1 unspecified atom stereocenters. The lowest BCUT2D eigenvalue weighted by Crippen LogP contribution is -2.31. The van der Waals surface area contributed by atoms with Crippen LogP contribution in [-0.2, 0) is 11.4 Å². The summed E-state index contributed by atoms with van der Waals surface area (Å²) in [6.07, 6.45) is 1.46. The van der Waals surface area contributed by atoms with Crippen LogP contribution in [-0.4, -0.2) is 27.3 Å². The van der Waals surface area contributed by atoms with Crippen molar-refractivity contribution in [3.8, 4) is 11.5 Å². The Hall–Kier alpha value is -4.01. The summed E-state index contributed by atoms with van der Waals surface area (Å²) in [7, 11) is 0. The van der Waals surface area contributed by atoms with Gasteiger partial charge < -0.3 is 20.1 Å². The average molecular weight is 550 g/mol. The highest BCUT2D eigenvalue weighted by Crippen LogP contribution is 2.36. The van der Waals surface area contributed by atoms with Crippen molar-refractivity contribution < 1.29 is 14.3 Å². The van der Waals surface area contributed by atoms with Gasteiger partial charge in [0.1, 0.15) is 30.5 Å². The molecular formula is C28H25Cl2N5O3. The van der Waals surface area contributed by atoms with Crippen molar-refractivity contribution in [2.24, 2.45) is 0 Å². The molecule has 0 radical (unpaired) electrons. The molecule has 0 spiro atoms. The first kappa shape index (κ1) is 25.6. The van der Waals surface area contributed by atoms with Crippen molar-refractivity contribution in [1.29, 1.82) is 0 Å². The lowest BCUT2D eigenvalue weighted by molar-refractivity contribution is -0.113. The summed E-state index contributed by atoms with van der Waals surface area (Å²) in [5.41, 5.74) is 3.45. The first-order chi connectivity index (χ1) is 18.4. The number of nitrogens with one attached hydrogen (secondary N) is 2. The lowest BCUT2D eigenvalue weighted by Gasteiger charge is -2.29. The third kappa shape index (κ3) is 5.32. The molecule has 0 saturated heterocycles. The molecule has 3 aromatic carbocycles. The number of para-hydroxylation sites is 2. The molecule has 194 valence electrons. The van der Waals surface area contributed by atoms with Crippen LogP contribution in [0.25, 0.3) is 0 Å². The van der Waals surface area contributed by atoms with E-state index in [9.17, 15) is 4.79 Å². The van der Waals surface area contributed by atoms with Gasteiger partial charge in [-0.2, -0.15) is 10.1 Å². The molecule has 38 heavy (non-hydrogen) atoms. The van der Waals surface area contributed by atoms with Crippen LogP contribution in [0, 0.1) is 0 Å². The van der Waals surface area contributed by atoms with Crippen molar-refractivity contribution in [2.45, 2.75) is 26.5 Å². The van der Waals surface area contributed by atoms with Gasteiger partial charge in [-0.05, 0) is 55.8 Å². The summed E-state index contributed by atoms with van der Waals surface area (Å²) in [6.45, 7) is 4.53. The molecule has 0 bridgehead atoms. The van der Waals surface area contributed by atoms with Crippen LogP contribution in [0.4, 0.5) is 11.6 Å². The zero-order valence-electron chi connectivity index (χ0n) is 20.7. The number of hydrogen-bond acceptors (Lipinski definition) is 6. The maximum Gasteiger partial charge on any atom is 0.255 e. The topological polar surface area (TPSA) is 90.3 Å². The predicted octanol–water partition coefficient (Wildman–Crippen LogP) is 6.49. The fraction of sp³-hybridized carbons (Fsp3) is 0.179. The highest BCUT2D eigenvalue weighted by atomic mass is 35.5. The normalized spacial score (nSPS) is 14.5. The molecule has 0 fully saturated rings. The van der Waals surface area contributed by atoms with Gasteiger partial charge in [-0.3, -0.25) is 4.79 Å². The summed E-state index contributed by atoms with van der Waals surface area (Å²) >= 11 is 12.3. The molecular weight excluding hydrogens is 525 g/mol. The molecule has 1 amide bonds. The van der Waals surface area contributed by atoms with Gasteiger partial charge in [0.2, 0.25) is 5.95 Å². The van der Waals surface area contributed by atoms with Crippen molar-refractivity contribution in [2.75, 3.05) is 17.2 Å².